The lowest BCUT2D eigenvalue weighted by Gasteiger charge is -2.28. The van der Waals surface area contributed by atoms with Gasteiger partial charge in [-0.3, -0.25) is 9.55 Å². The number of nitrogen functional groups attached to an aromatic ring is 1. The van der Waals surface area contributed by atoms with Gasteiger partial charge in [-0.25, -0.2) is 19.9 Å². The second-order valence-electron chi connectivity index (χ2n) is 7.23. The van der Waals surface area contributed by atoms with Gasteiger partial charge in [-0.1, -0.05) is 0 Å². The number of pyridine rings is 1. The van der Waals surface area contributed by atoms with E-state index < -0.39 is 17.9 Å². The molecule has 1 saturated heterocycles. The third-order valence-electron chi connectivity index (χ3n) is 5.41. The fourth-order valence-corrected chi connectivity index (χ4v) is 3.75. The van der Waals surface area contributed by atoms with Gasteiger partial charge in [-0.05, 0) is 6.07 Å². The van der Waals surface area contributed by atoms with Crippen LogP contribution in [0.4, 0.5) is 5.82 Å². The van der Waals surface area contributed by atoms with Crippen LogP contribution in [0.3, 0.4) is 0 Å². The van der Waals surface area contributed by atoms with Gasteiger partial charge in [0.1, 0.15) is 24.1 Å². The topological polar surface area (TPSA) is 162 Å². The molecule has 0 aromatic carbocycles. The predicted octanol–water partition coefficient (Wildman–Crippen LogP) is -1.15. The van der Waals surface area contributed by atoms with Gasteiger partial charge >= 0.3 is 0 Å². The number of aliphatic hydroxyl groups excluding tert-OH is 1. The highest BCUT2D eigenvalue weighted by atomic mass is 16.5. The van der Waals surface area contributed by atoms with E-state index in [1.807, 2.05) is 10.6 Å². The number of rotatable bonds is 6. The van der Waals surface area contributed by atoms with Crippen LogP contribution < -0.4 is 11.1 Å². The first-order valence-electron chi connectivity index (χ1n) is 9.49. The van der Waals surface area contributed by atoms with Crippen LogP contribution in [0.5, 0.6) is 0 Å². The van der Waals surface area contributed by atoms with Crippen LogP contribution >= 0.6 is 0 Å². The molecule has 3 atom stereocenters. The number of nitrogens with zero attached hydrogens (tertiary/aromatic N) is 7. The van der Waals surface area contributed by atoms with E-state index in [1.54, 1.807) is 18.7 Å². The molecular weight excluding hydrogens is 390 g/mol. The maximum Gasteiger partial charge on any atom is 0.197 e. The molecule has 30 heavy (non-hydrogen) atoms. The molecule has 1 fully saturated rings. The van der Waals surface area contributed by atoms with E-state index in [2.05, 4.69) is 30.2 Å². The highest BCUT2D eigenvalue weighted by molar-refractivity contribution is 5.81. The Bertz CT molecular complexity index is 1190. The molecule has 1 aliphatic heterocycles. The van der Waals surface area contributed by atoms with Crippen molar-refractivity contribution in [2.45, 2.75) is 24.5 Å². The maximum atomic E-state index is 11.1. The van der Waals surface area contributed by atoms with Gasteiger partial charge in [0, 0.05) is 25.8 Å². The molecule has 5 heterocycles. The summed E-state index contributed by atoms with van der Waals surface area (Å²) in [7, 11) is 0. The first-order valence-corrected chi connectivity index (χ1v) is 9.49. The summed E-state index contributed by atoms with van der Waals surface area (Å²) in [6.07, 6.45) is 6.14. The van der Waals surface area contributed by atoms with Gasteiger partial charge in [0.05, 0.1) is 36.5 Å². The molecular formula is C18H21N9O3. The summed E-state index contributed by atoms with van der Waals surface area (Å²) in [5, 5.41) is 25.1. The molecule has 0 bridgehead atoms. The van der Waals surface area contributed by atoms with Crippen LogP contribution in [0, 0.1) is 0 Å². The highest BCUT2D eigenvalue weighted by Gasteiger charge is 2.50. The highest BCUT2D eigenvalue weighted by Crippen LogP contribution is 2.32. The quantitative estimate of drug-likeness (QED) is 0.285. The third-order valence-corrected chi connectivity index (χ3v) is 5.41. The summed E-state index contributed by atoms with van der Waals surface area (Å²) in [6.45, 7) is 1.56. The molecule has 0 radical (unpaired) electrons. The monoisotopic (exact) mass is 411 g/mol. The Morgan fingerprint density at radius 2 is 2.17 bits per heavy atom. The van der Waals surface area contributed by atoms with Crippen LogP contribution in [-0.2, 0) is 17.0 Å². The Labute approximate surface area is 170 Å². The normalized spacial score (nSPS) is 24.2. The van der Waals surface area contributed by atoms with E-state index >= 15 is 0 Å². The molecule has 5 rings (SSSR count). The van der Waals surface area contributed by atoms with Crippen molar-refractivity contribution in [1.82, 2.24) is 39.4 Å². The third kappa shape index (κ3) is 2.97. The van der Waals surface area contributed by atoms with E-state index in [9.17, 15) is 10.2 Å². The summed E-state index contributed by atoms with van der Waals surface area (Å²) in [5.74, 6) is 0.205. The zero-order valence-electron chi connectivity index (χ0n) is 16.0. The first-order chi connectivity index (χ1) is 14.6. The number of nitrogens with two attached hydrogens (primary N) is 1. The van der Waals surface area contributed by atoms with Crippen LogP contribution in [-0.4, -0.2) is 76.2 Å². The summed E-state index contributed by atoms with van der Waals surface area (Å²) in [5.41, 5.74) is 6.65. The van der Waals surface area contributed by atoms with E-state index in [0.717, 1.165) is 11.0 Å². The molecule has 0 saturated carbocycles. The largest absolute Gasteiger partial charge is 0.385 e. The number of aliphatic hydroxyl groups is 2. The summed E-state index contributed by atoms with van der Waals surface area (Å²) in [6, 6.07) is 1.86. The van der Waals surface area contributed by atoms with E-state index in [4.69, 9.17) is 10.5 Å². The molecule has 12 heteroatoms. The van der Waals surface area contributed by atoms with Crippen molar-refractivity contribution in [3.05, 3.63) is 37.4 Å². The smallest absolute Gasteiger partial charge is 0.197 e. The van der Waals surface area contributed by atoms with Crippen molar-refractivity contribution >= 4 is 28.0 Å². The average molecular weight is 411 g/mol. The van der Waals surface area contributed by atoms with Gasteiger partial charge in [-0.2, -0.15) is 0 Å². The van der Waals surface area contributed by atoms with Gasteiger partial charge in [0.15, 0.2) is 17.2 Å². The number of nitrogens with one attached hydrogen (secondary N) is 1. The van der Waals surface area contributed by atoms with Crippen LogP contribution in [0.2, 0.25) is 0 Å². The molecule has 5 N–H and O–H groups in total. The van der Waals surface area contributed by atoms with E-state index in [0.29, 0.717) is 30.8 Å². The Morgan fingerprint density at radius 1 is 1.27 bits per heavy atom. The molecule has 1 aliphatic rings. The van der Waals surface area contributed by atoms with Gasteiger partial charge in [0.25, 0.3) is 0 Å². The van der Waals surface area contributed by atoms with Gasteiger partial charge in [0.2, 0.25) is 0 Å². The second kappa shape index (κ2) is 7.25. The maximum absolute atomic E-state index is 11.1. The Morgan fingerprint density at radius 3 is 3.07 bits per heavy atom. The number of fused-ring (bicyclic) bond motifs is 2. The van der Waals surface area contributed by atoms with Crippen molar-refractivity contribution in [2.75, 3.05) is 25.4 Å². The lowest BCUT2D eigenvalue weighted by molar-refractivity contribution is -0.107. The molecule has 3 unspecified atom stereocenters. The lowest BCUT2D eigenvalue weighted by atomic mass is 10.1. The number of anilines is 1. The number of hydrogen-bond donors (Lipinski definition) is 4. The summed E-state index contributed by atoms with van der Waals surface area (Å²) in [4.78, 5) is 20.6. The van der Waals surface area contributed by atoms with Crippen molar-refractivity contribution in [1.29, 1.82) is 0 Å². The fraction of sp³-hybridized carbons (Fsp3) is 0.389. The van der Waals surface area contributed by atoms with E-state index in [-0.39, 0.29) is 12.4 Å². The van der Waals surface area contributed by atoms with Crippen molar-refractivity contribution in [2.24, 2.45) is 0 Å². The number of imidazole rings is 2. The standard InChI is InChI=1S/C18H21N9O3/c19-16-14-17(23-8-22-16)27(10-25-14)18(29)7-30-13(15(18)28)6-21-3-4-26-9-24-11-1-2-20-5-12(11)26/h1-2,5,8-10,13,15,21,28-29H,3-4,6-7H2,(H2,19,22,23). The molecule has 0 aliphatic carbocycles. The van der Waals surface area contributed by atoms with Crippen molar-refractivity contribution < 1.29 is 14.9 Å². The zero-order valence-corrected chi connectivity index (χ0v) is 16.0. The number of aromatic nitrogens is 7. The average Bonchev–Trinajstić information content (AvgIpc) is 3.44. The lowest BCUT2D eigenvalue weighted by Crippen LogP contribution is -2.48. The minimum Gasteiger partial charge on any atom is -0.385 e. The zero-order chi connectivity index (χ0) is 20.7. The second-order valence-corrected chi connectivity index (χ2v) is 7.23. The SMILES string of the molecule is Nc1ncnc2c1ncn2C1(O)COC(CNCCn2cnc3ccncc32)C1O. The molecule has 0 amide bonds. The Hall–Kier alpha value is -3.19. The van der Waals surface area contributed by atoms with Crippen LogP contribution in [0.1, 0.15) is 0 Å². The molecule has 4 aromatic rings. The Balaban J connectivity index is 1.23. The number of hydrogen-bond acceptors (Lipinski definition) is 10. The molecule has 0 spiro atoms. The van der Waals surface area contributed by atoms with E-state index in [1.165, 1.54) is 17.2 Å². The minimum absolute atomic E-state index is 0.103. The van der Waals surface area contributed by atoms with Crippen molar-refractivity contribution in [3.8, 4) is 0 Å². The molecule has 12 nitrogen and oxygen atoms in total. The summed E-state index contributed by atoms with van der Waals surface area (Å²) >= 11 is 0. The fourth-order valence-electron chi connectivity index (χ4n) is 3.75. The van der Waals surface area contributed by atoms with Gasteiger partial charge < -0.3 is 30.6 Å². The number of ether oxygens (including phenoxy) is 1. The molecule has 4 aromatic heterocycles. The van der Waals surface area contributed by atoms with Crippen LogP contribution in [0.15, 0.2) is 37.4 Å². The molecule has 156 valence electrons. The Kier molecular flexibility index (Phi) is 4.55. The summed E-state index contributed by atoms with van der Waals surface area (Å²) < 4.78 is 9.06. The van der Waals surface area contributed by atoms with Gasteiger partial charge in [-0.15, -0.1) is 0 Å². The first kappa shape index (κ1) is 18.8. The van der Waals surface area contributed by atoms with Crippen molar-refractivity contribution in [3.63, 3.8) is 0 Å². The predicted molar refractivity (Wildman–Crippen MR) is 106 cm³/mol. The van der Waals surface area contributed by atoms with Crippen LogP contribution in [0.25, 0.3) is 22.2 Å². The minimum atomic E-state index is -1.70.